The molecule has 18 heavy (non-hydrogen) atoms. The van der Waals surface area contributed by atoms with E-state index >= 15 is 0 Å². The number of nitrogens with zero attached hydrogens (tertiary/aromatic N) is 1. The van der Waals surface area contributed by atoms with Gasteiger partial charge in [0.25, 0.3) is 0 Å². The van der Waals surface area contributed by atoms with Crippen LogP contribution in [0.1, 0.15) is 18.4 Å². The van der Waals surface area contributed by atoms with Crippen molar-refractivity contribution in [2.45, 2.75) is 18.9 Å². The molecule has 0 bridgehead atoms. The predicted molar refractivity (Wildman–Crippen MR) is 67.8 cm³/mol. The lowest BCUT2D eigenvalue weighted by Gasteiger charge is -2.19. The fraction of sp³-hybridized carbons (Fsp3) is 0.286. The Hall–Kier alpha value is -2.10. The number of amides is 1. The summed E-state index contributed by atoms with van der Waals surface area (Å²) in [6, 6.07) is 8.79. The van der Waals surface area contributed by atoms with Crippen molar-refractivity contribution in [2.24, 2.45) is 0 Å². The molecule has 0 spiro atoms. The molecule has 1 fully saturated rings. The maximum absolute atomic E-state index is 11.9. The van der Waals surface area contributed by atoms with Crippen molar-refractivity contribution in [1.82, 2.24) is 4.90 Å². The minimum absolute atomic E-state index is 0.233. The Morgan fingerprint density at radius 2 is 2.00 bits per heavy atom. The Morgan fingerprint density at radius 3 is 2.67 bits per heavy atom. The van der Waals surface area contributed by atoms with Gasteiger partial charge < -0.3 is 10.0 Å². The first kappa shape index (κ1) is 12.4. The monoisotopic (exact) mass is 245 g/mol. The van der Waals surface area contributed by atoms with Crippen LogP contribution in [-0.2, 0) is 9.59 Å². The number of rotatable bonds is 3. The van der Waals surface area contributed by atoms with Crippen LogP contribution >= 0.6 is 0 Å². The number of benzene rings is 1. The van der Waals surface area contributed by atoms with Gasteiger partial charge in [0, 0.05) is 12.6 Å². The third-order valence-electron chi connectivity index (χ3n) is 3.04. The highest BCUT2D eigenvalue weighted by Crippen LogP contribution is 2.18. The van der Waals surface area contributed by atoms with E-state index in [0.29, 0.717) is 13.0 Å². The maximum atomic E-state index is 11.9. The number of carboxylic acids is 1. The zero-order chi connectivity index (χ0) is 13.0. The van der Waals surface area contributed by atoms with Crippen LogP contribution < -0.4 is 0 Å². The minimum atomic E-state index is -0.922. The molecular formula is C14H15NO3. The van der Waals surface area contributed by atoms with Gasteiger partial charge in [-0.15, -0.1) is 0 Å². The molecule has 94 valence electrons. The molecule has 1 atom stereocenters. The normalized spacial score (nSPS) is 19.3. The van der Waals surface area contributed by atoms with Gasteiger partial charge in [0.1, 0.15) is 6.04 Å². The quantitative estimate of drug-likeness (QED) is 0.826. The molecule has 0 aromatic heterocycles. The van der Waals surface area contributed by atoms with E-state index in [1.807, 2.05) is 30.3 Å². The van der Waals surface area contributed by atoms with Crippen molar-refractivity contribution < 1.29 is 14.7 Å². The van der Waals surface area contributed by atoms with Crippen LogP contribution in [0.4, 0.5) is 0 Å². The van der Waals surface area contributed by atoms with Crippen molar-refractivity contribution in [3.05, 3.63) is 42.0 Å². The van der Waals surface area contributed by atoms with Crippen molar-refractivity contribution in [2.75, 3.05) is 6.54 Å². The summed E-state index contributed by atoms with van der Waals surface area (Å²) in [5, 5.41) is 9.00. The molecule has 4 heteroatoms. The molecular weight excluding hydrogens is 230 g/mol. The fourth-order valence-electron chi connectivity index (χ4n) is 2.11. The topological polar surface area (TPSA) is 57.6 Å². The maximum Gasteiger partial charge on any atom is 0.326 e. The lowest BCUT2D eigenvalue weighted by atomic mass is 10.2. The molecule has 1 amide bonds. The van der Waals surface area contributed by atoms with E-state index in [0.717, 1.165) is 12.0 Å². The van der Waals surface area contributed by atoms with Gasteiger partial charge in [0.2, 0.25) is 5.91 Å². The summed E-state index contributed by atoms with van der Waals surface area (Å²) in [5.41, 5.74) is 0.928. The van der Waals surface area contributed by atoms with E-state index in [4.69, 9.17) is 5.11 Å². The summed E-state index contributed by atoms with van der Waals surface area (Å²) in [6.45, 7) is 0.523. The highest BCUT2D eigenvalue weighted by molar-refractivity contribution is 5.94. The van der Waals surface area contributed by atoms with Gasteiger partial charge in [0.05, 0.1) is 0 Å². The van der Waals surface area contributed by atoms with E-state index in [1.165, 1.54) is 11.0 Å². The van der Waals surface area contributed by atoms with Gasteiger partial charge in [-0.3, -0.25) is 4.79 Å². The van der Waals surface area contributed by atoms with E-state index in [-0.39, 0.29) is 5.91 Å². The summed E-state index contributed by atoms with van der Waals surface area (Å²) in [6.07, 6.45) is 4.44. The van der Waals surface area contributed by atoms with Crippen molar-refractivity contribution in [3.8, 4) is 0 Å². The van der Waals surface area contributed by atoms with Crippen molar-refractivity contribution >= 4 is 18.0 Å². The average molecular weight is 245 g/mol. The second-order valence-electron chi connectivity index (χ2n) is 4.27. The standard InChI is InChI=1S/C14H15NO3/c16-13(9-8-11-5-2-1-3-6-11)15-10-4-7-12(15)14(17)18/h1-3,5-6,8-9,12H,4,7,10H2,(H,17,18)/t12-/m1/s1. The number of carbonyl (C=O) groups excluding carboxylic acids is 1. The third-order valence-corrected chi connectivity index (χ3v) is 3.04. The van der Waals surface area contributed by atoms with Gasteiger partial charge in [-0.25, -0.2) is 4.79 Å². The van der Waals surface area contributed by atoms with E-state index in [2.05, 4.69) is 0 Å². The number of hydrogen-bond donors (Lipinski definition) is 1. The zero-order valence-corrected chi connectivity index (χ0v) is 9.95. The van der Waals surface area contributed by atoms with Crippen LogP contribution in [0.5, 0.6) is 0 Å². The molecule has 1 aromatic carbocycles. The van der Waals surface area contributed by atoms with Crippen LogP contribution in [0, 0.1) is 0 Å². The first-order chi connectivity index (χ1) is 8.68. The lowest BCUT2D eigenvalue weighted by molar-refractivity contribution is -0.146. The molecule has 1 N–H and O–H groups in total. The number of likely N-dealkylation sites (tertiary alicyclic amines) is 1. The summed E-state index contributed by atoms with van der Waals surface area (Å²) >= 11 is 0. The number of hydrogen-bond acceptors (Lipinski definition) is 2. The van der Waals surface area contributed by atoms with Gasteiger partial charge in [-0.05, 0) is 24.5 Å². The molecule has 2 rings (SSSR count). The first-order valence-corrected chi connectivity index (χ1v) is 5.95. The average Bonchev–Trinajstić information content (AvgIpc) is 2.86. The Balaban J connectivity index is 2.04. The van der Waals surface area contributed by atoms with Gasteiger partial charge >= 0.3 is 5.97 Å². The summed E-state index contributed by atoms with van der Waals surface area (Å²) < 4.78 is 0. The molecule has 0 saturated carbocycles. The summed E-state index contributed by atoms with van der Waals surface area (Å²) in [7, 11) is 0. The molecule has 1 heterocycles. The van der Waals surface area contributed by atoms with Gasteiger partial charge in [-0.1, -0.05) is 30.3 Å². The van der Waals surface area contributed by atoms with E-state index in [9.17, 15) is 9.59 Å². The third kappa shape index (κ3) is 2.77. The fourth-order valence-corrected chi connectivity index (χ4v) is 2.11. The molecule has 1 aliphatic rings. The Labute approximate surface area is 106 Å². The minimum Gasteiger partial charge on any atom is -0.480 e. The second-order valence-corrected chi connectivity index (χ2v) is 4.27. The second kappa shape index (κ2) is 5.49. The summed E-state index contributed by atoms with van der Waals surface area (Å²) in [4.78, 5) is 24.3. The number of carbonyl (C=O) groups is 2. The molecule has 4 nitrogen and oxygen atoms in total. The van der Waals surface area contributed by atoms with Crippen molar-refractivity contribution in [1.29, 1.82) is 0 Å². The highest BCUT2D eigenvalue weighted by Gasteiger charge is 2.32. The van der Waals surface area contributed by atoms with E-state index < -0.39 is 12.0 Å². The first-order valence-electron chi connectivity index (χ1n) is 5.95. The predicted octanol–water partition coefficient (Wildman–Crippen LogP) is 1.78. The molecule has 0 radical (unpaired) electrons. The van der Waals surface area contributed by atoms with Crippen LogP contribution in [0.3, 0.4) is 0 Å². The Bertz CT molecular complexity index is 467. The lowest BCUT2D eigenvalue weighted by Crippen LogP contribution is -2.39. The van der Waals surface area contributed by atoms with Crippen LogP contribution in [-0.4, -0.2) is 34.5 Å². The molecule has 0 aliphatic carbocycles. The number of carboxylic acid groups (broad SMARTS) is 1. The Kier molecular flexibility index (Phi) is 3.77. The van der Waals surface area contributed by atoms with Crippen LogP contribution in [0.2, 0.25) is 0 Å². The van der Waals surface area contributed by atoms with Crippen molar-refractivity contribution in [3.63, 3.8) is 0 Å². The van der Waals surface area contributed by atoms with E-state index in [1.54, 1.807) is 6.08 Å². The van der Waals surface area contributed by atoms with Gasteiger partial charge in [0.15, 0.2) is 0 Å². The largest absolute Gasteiger partial charge is 0.480 e. The molecule has 1 aromatic rings. The summed E-state index contributed by atoms with van der Waals surface area (Å²) in [5.74, 6) is -1.15. The van der Waals surface area contributed by atoms with Crippen LogP contribution in [0.25, 0.3) is 6.08 Å². The SMILES string of the molecule is O=C(O)[C@H]1CCCN1C(=O)C=Cc1ccccc1. The molecule has 0 unspecified atom stereocenters. The highest BCUT2D eigenvalue weighted by atomic mass is 16.4. The van der Waals surface area contributed by atoms with Gasteiger partial charge in [-0.2, -0.15) is 0 Å². The molecule has 1 saturated heterocycles. The number of aliphatic carboxylic acids is 1. The molecule has 1 aliphatic heterocycles. The Morgan fingerprint density at radius 1 is 1.28 bits per heavy atom. The zero-order valence-electron chi connectivity index (χ0n) is 9.95. The van der Waals surface area contributed by atoms with Crippen LogP contribution in [0.15, 0.2) is 36.4 Å². The smallest absolute Gasteiger partial charge is 0.326 e.